The Kier molecular flexibility index (Phi) is 40.3. The molecule has 0 aliphatic heterocycles. The number of allylic oxidation sites excluding steroid dienone is 16. The van der Waals surface area contributed by atoms with E-state index < -0.39 is 24.1 Å². The number of carbonyl (C=O) groups excluding carboxylic acids is 2. The topological polar surface area (TPSA) is 99.1 Å². The maximum atomic E-state index is 12.7. The van der Waals surface area contributed by atoms with Crippen LogP contribution in [-0.2, 0) is 28.6 Å². The molecule has 2 atom stereocenters. The van der Waals surface area contributed by atoms with E-state index in [1.165, 1.54) is 44.9 Å². The normalized spacial score (nSPS) is 13.8. The van der Waals surface area contributed by atoms with Crippen LogP contribution in [0.5, 0.6) is 0 Å². The fourth-order valence-corrected chi connectivity index (χ4v) is 6.34. The van der Waals surface area contributed by atoms with E-state index in [1.807, 2.05) is 33.3 Å². The third kappa shape index (κ3) is 41.4. The summed E-state index contributed by atoms with van der Waals surface area (Å²) >= 11 is 0. The Morgan fingerprint density at radius 2 is 1.00 bits per heavy atom. The van der Waals surface area contributed by atoms with Gasteiger partial charge in [-0.3, -0.25) is 9.59 Å². The first kappa shape index (κ1) is 57.2. The lowest BCUT2D eigenvalue weighted by Crippen LogP contribution is -2.50. The van der Waals surface area contributed by atoms with Gasteiger partial charge in [-0.1, -0.05) is 169 Å². The minimum absolute atomic E-state index is 0.0197. The van der Waals surface area contributed by atoms with Crippen LogP contribution in [0.3, 0.4) is 0 Å². The summed E-state index contributed by atoms with van der Waals surface area (Å²) in [6, 6.07) is -0.636. The van der Waals surface area contributed by atoms with Gasteiger partial charge in [0.05, 0.1) is 34.4 Å². The number of ether oxygens (including phenoxy) is 3. The molecule has 0 fully saturated rings. The van der Waals surface area contributed by atoms with Crippen molar-refractivity contribution in [2.45, 2.75) is 180 Å². The zero-order valence-corrected chi connectivity index (χ0v) is 39.3. The van der Waals surface area contributed by atoms with Crippen molar-refractivity contribution in [1.29, 1.82) is 0 Å². The highest BCUT2D eigenvalue weighted by atomic mass is 16.6. The quantitative estimate of drug-likeness (QED) is 0.0215. The predicted octanol–water partition coefficient (Wildman–Crippen LogP) is 13.5. The maximum Gasteiger partial charge on any atom is 0.362 e. The predicted molar refractivity (Wildman–Crippen MR) is 256 cm³/mol. The van der Waals surface area contributed by atoms with Gasteiger partial charge in [-0.15, -0.1) is 0 Å². The van der Waals surface area contributed by atoms with E-state index in [2.05, 4.69) is 98.9 Å². The van der Waals surface area contributed by atoms with Gasteiger partial charge in [0.15, 0.2) is 12.1 Å². The third-order valence-electron chi connectivity index (χ3n) is 10.0. The first-order chi connectivity index (χ1) is 29.6. The Balaban J connectivity index is 4.48. The van der Waals surface area contributed by atoms with E-state index in [0.29, 0.717) is 19.3 Å². The van der Waals surface area contributed by atoms with Gasteiger partial charge in [0.1, 0.15) is 6.61 Å². The van der Waals surface area contributed by atoms with Crippen molar-refractivity contribution in [3.05, 3.63) is 97.2 Å². The van der Waals surface area contributed by atoms with E-state index in [0.717, 1.165) is 83.5 Å². The van der Waals surface area contributed by atoms with Crippen molar-refractivity contribution in [3.8, 4) is 0 Å². The zero-order valence-electron chi connectivity index (χ0n) is 39.3. The van der Waals surface area contributed by atoms with Crippen molar-refractivity contribution in [1.82, 2.24) is 0 Å². The Labute approximate surface area is 373 Å². The minimum atomic E-state index is -0.892. The fourth-order valence-electron chi connectivity index (χ4n) is 6.34. The van der Waals surface area contributed by atoms with Crippen LogP contribution in [0.15, 0.2) is 97.2 Å². The summed E-state index contributed by atoms with van der Waals surface area (Å²) in [6.45, 7) is 4.51. The van der Waals surface area contributed by atoms with Crippen molar-refractivity contribution in [2.24, 2.45) is 0 Å². The van der Waals surface area contributed by atoms with E-state index in [-0.39, 0.29) is 36.7 Å². The van der Waals surface area contributed by atoms with E-state index in [4.69, 9.17) is 14.2 Å². The molecule has 0 amide bonds. The fraction of sp³-hybridized carbons (Fsp3) is 0.642. The number of nitrogens with zero attached hydrogens (tertiary/aromatic N) is 1. The van der Waals surface area contributed by atoms with Gasteiger partial charge < -0.3 is 23.8 Å². The van der Waals surface area contributed by atoms with Crippen molar-refractivity contribution in [2.75, 3.05) is 41.0 Å². The molecule has 1 N–H and O–H groups in total. The number of unbranched alkanes of at least 4 members (excludes halogenated alkanes) is 12. The molecule has 0 rings (SSSR count). The van der Waals surface area contributed by atoms with Crippen LogP contribution in [0, 0.1) is 0 Å². The lowest BCUT2D eigenvalue weighted by molar-refractivity contribution is -0.887. The molecule has 0 saturated carbocycles. The maximum absolute atomic E-state index is 12.7. The van der Waals surface area contributed by atoms with Crippen molar-refractivity contribution in [3.63, 3.8) is 0 Å². The number of aliphatic carboxylic acids is 1. The Hall–Kier alpha value is -3.75. The Morgan fingerprint density at radius 3 is 1.49 bits per heavy atom. The summed E-state index contributed by atoms with van der Waals surface area (Å²) in [5, 5.41) is 9.63. The molecular weight excluding hydrogens is 763 g/mol. The van der Waals surface area contributed by atoms with Crippen LogP contribution >= 0.6 is 0 Å². The number of hydrogen-bond donors (Lipinski definition) is 1. The van der Waals surface area contributed by atoms with Gasteiger partial charge in [-0.2, -0.15) is 0 Å². The number of likely N-dealkylation sites (N-methyl/N-ethyl adjacent to an activating group) is 1. The molecule has 0 radical (unpaired) electrons. The highest BCUT2D eigenvalue weighted by Crippen LogP contribution is 2.12. The smallest absolute Gasteiger partial charge is 0.362 e. The standard InChI is InChI=1S/C53H87NO7/c1-6-8-10-12-14-16-18-20-22-24-26-28-30-32-34-36-38-40-42-44-52(56)61-49(47-59-46-45-50(53(57)58)54(3,4)5)48-60-51(55)43-41-39-37-35-33-31-29-27-25-23-21-19-17-15-13-11-9-7-2/h8,10,14,16,20,22-23,25-29,32,34,38,40,49-50H,6-7,9,11-13,15,17-19,21,24,30-31,33,35-37,39,41-48H2,1-5H3/p+1/b10-8+,16-14+,22-20+,25-23+,28-26+,29-27+,34-32+,40-38+. The molecule has 8 heteroatoms. The lowest BCUT2D eigenvalue weighted by atomic mass is 10.1. The molecule has 346 valence electrons. The molecule has 2 unspecified atom stereocenters. The number of hydrogen-bond acceptors (Lipinski definition) is 6. The second-order valence-corrected chi connectivity index (χ2v) is 16.7. The third-order valence-corrected chi connectivity index (χ3v) is 10.0. The van der Waals surface area contributed by atoms with Crippen molar-refractivity contribution < 1.29 is 38.2 Å². The number of carboxylic acids is 1. The molecule has 0 heterocycles. The molecule has 8 nitrogen and oxygen atoms in total. The molecule has 0 aliphatic rings. The second-order valence-electron chi connectivity index (χ2n) is 16.7. The van der Waals surface area contributed by atoms with Gasteiger partial charge in [0.25, 0.3) is 0 Å². The van der Waals surface area contributed by atoms with Gasteiger partial charge in [0.2, 0.25) is 0 Å². The molecule has 0 aromatic rings. The molecule has 0 aromatic heterocycles. The number of rotatable bonds is 41. The summed E-state index contributed by atoms with van der Waals surface area (Å²) in [5.41, 5.74) is 0. The number of quaternary nitrogens is 1. The highest BCUT2D eigenvalue weighted by molar-refractivity contribution is 5.72. The van der Waals surface area contributed by atoms with Crippen LogP contribution in [0.4, 0.5) is 0 Å². The van der Waals surface area contributed by atoms with Gasteiger partial charge >= 0.3 is 17.9 Å². The van der Waals surface area contributed by atoms with Crippen LogP contribution in [0.25, 0.3) is 0 Å². The summed E-state index contributed by atoms with van der Waals surface area (Å²) in [5.74, 6) is -1.61. The molecule has 0 spiro atoms. The van der Waals surface area contributed by atoms with Crippen LogP contribution in [0.2, 0.25) is 0 Å². The average Bonchev–Trinajstić information content (AvgIpc) is 3.22. The first-order valence-corrected chi connectivity index (χ1v) is 23.8. The number of carboxylic acid groups (broad SMARTS) is 1. The molecular formula is C53H88NO7+. The Bertz CT molecular complexity index is 1310. The van der Waals surface area contributed by atoms with Gasteiger partial charge in [-0.05, 0) is 77.0 Å². The second kappa shape index (κ2) is 42.9. The minimum Gasteiger partial charge on any atom is -0.477 e. The first-order valence-electron chi connectivity index (χ1n) is 23.8. The van der Waals surface area contributed by atoms with Crippen LogP contribution in [-0.4, -0.2) is 80.6 Å². The highest BCUT2D eigenvalue weighted by Gasteiger charge is 2.31. The van der Waals surface area contributed by atoms with E-state index in [9.17, 15) is 19.5 Å². The zero-order chi connectivity index (χ0) is 44.9. The Morgan fingerprint density at radius 1 is 0.525 bits per heavy atom. The largest absolute Gasteiger partial charge is 0.477 e. The SMILES string of the molecule is CC/C=C/C/C=C/C/C=C/C/C=C/C/C=C/C/C=C/CCC(=O)OC(COCCC(C(=O)O)[N+](C)(C)C)COC(=O)CCCCCCC/C=C/C=C/CCCCCCCCC. The van der Waals surface area contributed by atoms with E-state index in [1.54, 1.807) is 0 Å². The molecule has 0 saturated heterocycles. The molecule has 61 heavy (non-hydrogen) atoms. The summed E-state index contributed by atoms with van der Waals surface area (Å²) in [6.07, 6.45) is 57.5. The van der Waals surface area contributed by atoms with Gasteiger partial charge in [-0.25, -0.2) is 4.79 Å². The van der Waals surface area contributed by atoms with Crippen LogP contribution in [0.1, 0.15) is 168 Å². The number of carbonyl (C=O) groups is 3. The molecule has 0 aromatic carbocycles. The van der Waals surface area contributed by atoms with Crippen molar-refractivity contribution >= 4 is 17.9 Å². The lowest BCUT2D eigenvalue weighted by Gasteiger charge is -2.31. The van der Waals surface area contributed by atoms with E-state index >= 15 is 0 Å². The monoisotopic (exact) mass is 851 g/mol. The van der Waals surface area contributed by atoms with Crippen LogP contribution < -0.4 is 0 Å². The average molecular weight is 851 g/mol. The molecule has 0 bridgehead atoms. The summed E-state index contributed by atoms with van der Waals surface area (Å²) in [4.78, 5) is 37.0. The van der Waals surface area contributed by atoms with Gasteiger partial charge in [0, 0.05) is 19.3 Å². The summed E-state index contributed by atoms with van der Waals surface area (Å²) < 4.78 is 17.2. The number of esters is 2. The molecule has 0 aliphatic carbocycles. The summed E-state index contributed by atoms with van der Waals surface area (Å²) in [7, 11) is 5.49.